The molecule has 3 aromatic rings. The number of H-pyrrole nitrogens is 1. The minimum atomic E-state index is -0.518. The van der Waals surface area contributed by atoms with Gasteiger partial charge in [0.1, 0.15) is 0 Å². The fraction of sp³-hybridized carbons (Fsp3) is 0.0667. The molecule has 0 unspecified atom stereocenters. The summed E-state index contributed by atoms with van der Waals surface area (Å²) in [4.78, 5) is 22.1. The molecule has 0 amide bonds. The molecule has 0 aliphatic heterocycles. The standard InChI is InChI=1S/C15H11N3O3/c19-15-13-9-11(18(20)21)6-7-12(13)14(16-17-15)8-10-4-2-1-3-5-10/h1-7,9H,8H2,(H,17,19). The van der Waals surface area contributed by atoms with Gasteiger partial charge in [-0.1, -0.05) is 30.3 Å². The highest BCUT2D eigenvalue weighted by Crippen LogP contribution is 2.21. The van der Waals surface area contributed by atoms with Crippen molar-refractivity contribution < 1.29 is 4.92 Å². The molecule has 1 aromatic heterocycles. The topological polar surface area (TPSA) is 88.9 Å². The average molecular weight is 281 g/mol. The maximum atomic E-state index is 11.8. The maximum Gasteiger partial charge on any atom is 0.272 e. The van der Waals surface area contributed by atoms with E-state index in [1.165, 1.54) is 12.1 Å². The number of nitrogens with one attached hydrogen (secondary N) is 1. The van der Waals surface area contributed by atoms with Crippen LogP contribution in [0, 0.1) is 10.1 Å². The lowest BCUT2D eigenvalue weighted by Gasteiger charge is -2.05. The van der Waals surface area contributed by atoms with Crippen LogP contribution >= 0.6 is 0 Å². The summed E-state index contributed by atoms with van der Waals surface area (Å²) >= 11 is 0. The van der Waals surface area contributed by atoms with Gasteiger partial charge in [-0.2, -0.15) is 5.10 Å². The van der Waals surface area contributed by atoms with E-state index < -0.39 is 10.5 Å². The van der Waals surface area contributed by atoms with Crippen molar-refractivity contribution in [3.8, 4) is 0 Å². The van der Waals surface area contributed by atoms with Gasteiger partial charge in [0.05, 0.1) is 16.0 Å². The van der Waals surface area contributed by atoms with Crippen LogP contribution in [0.1, 0.15) is 11.3 Å². The highest BCUT2D eigenvalue weighted by atomic mass is 16.6. The number of aromatic amines is 1. The number of rotatable bonds is 3. The van der Waals surface area contributed by atoms with Crippen LogP contribution in [0.4, 0.5) is 5.69 Å². The molecule has 0 bridgehead atoms. The van der Waals surface area contributed by atoms with Crippen molar-refractivity contribution in [3.63, 3.8) is 0 Å². The number of nitro benzene ring substituents is 1. The van der Waals surface area contributed by atoms with Crippen LogP contribution < -0.4 is 5.56 Å². The summed E-state index contributed by atoms with van der Waals surface area (Å²) in [5, 5.41) is 18.2. The molecule has 0 atom stereocenters. The van der Waals surface area contributed by atoms with Crippen LogP contribution in [-0.2, 0) is 6.42 Å². The Kier molecular flexibility index (Phi) is 3.19. The van der Waals surface area contributed by atoms with E-state index in [9.17, 15) is 14.9 Å². The van der Waals surface area contributed by atoms with Gasteiger partial charge in [-0.25, -0.2) is 5.10 Å². The number of non-ortho nitro benzene ring substituents is 1. The van der Waals surface area contributed by atoms with Crippen LogP contribution in [0.2, 0.25) is 0 Å². The Morgan fingerprint density at radius 2 is 1.86 bits per heavy atom. The maximum absolute atomic E-state index is 11.8. The second-order valence-corrected chi connectivity index (χ2v) is 4.65. The van der Waals surface area contributed by atoms with Crippen LogP contribution in [0.15, 0.2) is 53.3 Å². The lowest BCUT2D eigenvalue weighted by molar-refractivity contribution is -0.384. The van der Waals surface area contributed by atoms with E-state index >= 15 is 0 Å². The van der Waals surface area contributed by atoms with Gasteiger partial charge in [-0.05, 0) is 11.6 Å². The summed E-state index contributed by atoms with van der Waals surface area (Å²) in [5.74, 6) is 0. The molecule has 0 saturated heterocycles. The van der Waals surface area contributed by atoms with E-state index in [0.29, 0.717) is 17.5 Å². The molecule has 0 radical (unpaired) electrons. The highest BCUT2D eigenvalue weighted by molar-refractivity contribution is 5.85. The van der Waals surface area contributed by atoms with Crippen molar-refractivity contribution in [1.29, 1.82) is 0 Å². The third-order valence-electron chi connectivity index (χ3n) is 3.28. The zero-order valence-corrected chi connectivity index (χ0v) is 10.9. The average Bonchev–Trinajstić information content (AvgIpc) is 2.51. The van der Waals surface area contributed by atoms with Crippen LogP contribution in [0.3, 0.4) is 0 Å². The van der Waals surface area contributed by atoms with E-state index in [4.69, 9.17) is 0 Å². The summed E-state index contributed by atoms with van der Waals surface area (Å²) in [6.07, 6.45) is 0.548. The first-order chi connectivity index (χ1) is 10.1. The molecule has 21 heavy (non-hydrogen) atoms. The molecule has 0 saturated carbocycles. The third-order valence-corrected chi connectivity index (χ3v) is 3.28. The summed E-state index contributed by atoms with van der Waals surface area (Å²) in [6.45, 7) is 0. The van der Waals surface area contributed by atoms with Crippen molar-refractivity contribution in [3.05, 3.63) is 80.3 Å². The summed E-state index contributed by atoms with van der Waals surface area (Å²) in [5.41, 5.74) is 1.21. The Morgan fingerprint density at radius 1 is 1.10 bits per heavy atom. The summed E-state index contributed by atoms with van der Waals surface area (Å²) in [6, 6.07) is 13.9. The van der Waals surface area contributed by atoms with Crippen molar-refractivity contribution in [2.24, 2.45) is 0 Å². The molecule has 0 spiro atoms. The first-order valence-electron chi connectivity index (χ1n) is 6.35. The second-order valence-electron chi connectivity index (χ2n) is 4.65. The zero-order valence-electron chi connectivity index (χ0n) is 10.9. The fourth-order valence-electron chi connectivity index (χ4n) is 2.25. The molecule has 2 aromatic carbocycles. The van der Waals surface area contributed by atoms with Gasteiger partial charge in [0, 0.05) is 23.9 Å². The number of nitro groups is 1. The normalized spacial score (nSPS) is 10.7. The van der Waals surface area contributed by atoms with Crippen molar-refractivity contribution in [2.75, 3.05) is 0 Å². The zero-order chi connectivity index (χ0) is 14.8. The van der Waals surface area contributed by atoms with Gasteiger partial charge >= 0.3 is 0 Å². The van der Waals surface area contributed by atoms with Gasteiger partial charge in [0.2, 0.25) is 0 Å². The van der Waals surface area contributed by atoms with E-state index in [-0.39, 0.29) is 11.1 Å². The van der Waals surface area contributed by atoms with Crippen molar-refractivity contribution >= 4 is 16.5 Å². The number of benzene rings is 2. The minimum Gasteiger partial charge on any atom is -0.267 e. The Bertz CT molecular complexity index is 872. The van der Waals surface area contributed by atoms with Gasteiger partial charge in [0.15, 0.2) is 0 Å². The first kappa shape index (κ1) is 13.0. The number of hydrogen-bond acceptors (Lipinski definition) is 4. The first-order valence-corrected chi connectivity index (χ1v) is 6.35. The van der Waals surface area contributed by atoms with Crippen LogP contribution in [0.25, 0.3) is 10.8 Å². The lowest BCUT2D eigenvalue weighted by atomic mass is 10.0. The van der Waals surface area contributed by atoms with Gasteiger partial charge in [-0.15, -0.1) is 0 Å². The Labute approximate surface area is 119 Å². The SMILES string of the molecule is O=c1[nH]nc(Cc2ccccc2)c2ccc([N+](=O)[O-])cc12. The molecule has 0 fully saturated rings. The predicted octanol–water partition coefficient (Wildman–Crippen LogP) is 2.42. The largest absolute Gasteiger partial charge is 0.272 e. The van der Waals surface area contributed by atoms with E-state index in [0.717, 1.165) is 5.56 Å². The van der Waals surface area contributed by atoms with Crippen LogP contribution in [0.5, 0.6) is 0 Å². The molecule has 0 aliphatic carbocycles. The van der Waals surface area contributed by atoms with E-state index in [1.807, 2.05) is 30.3 Å². The molecule has 1 heterocycles. The molecule has 0 aliphatic rings. The predicted molar refractivity (Wildman–Crippen MR) is 78.3 cm³/mol. The Balaban J connectivity index is 2.14. The fourth-order valence-corrected chi connectivity index (χ4v) is 2.25. The summed E-state index contributed by atoms with van der Waals surface area (Å²) in [7, 11) is 0. The molecule has 6 nitrogen and oxygen atoms in total. The van der Waals surface area contributed by atoms with E-state index in [2.05, 4.69) is 10.2 Å². The number of fused-ring (bicyclic) bond motifs is 1. The second kappa shape index (κ2) is 5.16. The summed E-state index contributed by atoms with van der Waals surface area (Å²) < 4.78 is 0. The monoisotopic (exact) mass is 281 g/mol. The number of nitrogens with zero attached hydrogens (tertiary/aromatic N) is 2. The third kappa shape index (κ3) is 2.51. The van der Waals surface area contributed by atoms with Gasteiger partial charge < -0.3 is 0 Å². The lowest BCUT2D eigenvalue weighted by Crippen LogP contribution is -2.11. The Morgan fingerprint density at radius 3 is 2.57 bits per heavy atom. The highest BCUT2D eigenvalue weighted by Gasteiger charge is 2.12. The number of hydrogen-bond donors (Lipinski definition) is 1. The quantitative estimate of drug-likeness (QED) is 0.589. The van der Waals surface area contributed by atoms with Crippen LogP contribution in [-0.4, -0.2) is 15.1 Å². The van der Waals surface area contributed by atoms with E-state index in [1.54, 1.807) is 6.07 Å². The molecule has 6 heteroatoms. The van der Waals surface area contributed by atoms with Crippen molar-refractivity contribution in [2.45, 2.75) is 6.42 Å². The number of aromatic nitrogens is 2. The molecular formula is C15H11N3O3. The van der Waals surface area contributed by atoms with Gasteiger partial charge in [0.25, 0.3) is 11.2 Å². The smallest absolute Gasteiger partial charge is 0.267 e. The molecular weight excluding hydrogens is 270 g/mol. The van der Waals surface area contributed by atoms with Gasteiger partial charge in [-0.3, -0.25) is 14.9 Å². The molecule has 1 N–H and O–H groups in total. The minimum absolute atomic E-state index is 0.107. The van der Waals surface area contributed by atoms with Crippen molar-refractivity contribution in [1.82, 2.24) is 10.2 Å². The molecule has 3 rings (SSSR count). The Hall–Kier alpha value is -3.02. The molecule has 104 valence electrons.